The lowest BCUT2D eigenvalue weighted by Gasteiger charge is -2.30. The summed E-state index contributed by atoms with van der Waals surface area (Å²) in [5, 5.41) is 4.75. The van der Waals surface area contributed by atoms with Gasteiger partial charge in [-0.15, -0.1) is 0 Å². The van der Waals surface area contributed by atoms with Crippen molar-refractivity contribution in [1.82, 2.24) is 14.7 Å². The van der Waals surface area contributed by atoms with Crippen molar-refractivity contribution in [3.05, 3.63) is 60.3 Å². The monoisotopic (exact) mass is 449 g/mol. The second-order valence-corrected chi connectivity index (χ2v) is 7.83. The topological polar surface area (TPSA) is 82.9 Å². The van der Waals surface area contributed by atoms with E-state index in [9.17, 15) is 9.59 Å². The van der Waals surface area contributed by atoms with E-state index in [1.54, 1.807) is 36.1 Å². The number of hydrogen-bond donors (Lipinski definition) is 0. The van der Waals surface area contributed by atoms with Gasteiger partial charge in [0.1, 0.15) is 5.69 Å². The molecule has 0 unspecified atom stereocenters. The summed E-state index contributed by atoms with van der Waals surface area (Å²) in [6.07, 6.45) is 2.92. The molecular weight excluding hydrogens is 422 g/mol. The third-order valence-electron chi connectivity index (χ3n) is 5.94. The number of piperidine rings is 1. The molecule has 1 amide bonds. The Balaban J connectivity index is 1.70. The standard InChI is InChI=1S/C25H27N3O5/c1-31-21-10-9-18(15-22(21)32-2)23-20(16-28(26-23)19-7-5-4-6-8-19)24(29)27-13-11-17(12-14-27)25(30)33-3/h4-10,15-17H,11-14H2,1-3H3. The Morgan fingerprint density at radius 3 is 2.27 bits per heavy atom. The van der Waals surface area contributed by atoms with Gasteiger partial charge in [0.05, 0.1) is 38.5 Å². The number of amides is 1. The molecule has 33 heavy (non-hydrogen) atoms. The molecule has 0 radical (unpaired) electrons. The van der Waals surface area contributed by atoms with Crippen molar-refractivity contribution >= 4 is 11.9 Å². The summed E-state index contributed by atoms with van der Waals surface area (Å²) < 4.78 is 17.4. The lowest BCUT2D eigenvalue weighted by atomic mass is 9.96. The fourth-order valence-corrected chi connectivity index (χ4v) is 4.10. The molecule has 8 nitrogen and oxygen atoms in total. The SMILES string of the molecule is COC(=O)C1CCN(C(=O)c2cn(-c3ccccc3)nc2-c2ccc(OC)c(OC)c2)CC1. The summed E-state index contributed by atoms with van der Waals surface area (Å²) in [6, 6.07) is 15.1. The first kappa shape index (κ1) is 22.4. The van der Waals surface area contributed by atoms with Crippen LogP contribution in [0.5, 0.6) is 11.5 Å². The minimum atomic E-state index is -0.218. The first-order valence-electron chi connectivity index (χ1n) is 10.8. The summed E-state index contributed by atoms with van der Waals surface area (Å²) in [6.45, 7) is 0.973. The maximum Gasteiger partial charge on any atom is 0.308 e. The van der Waals surface area contributed by atoms with Crippen molar-refractivity contribution < 1.29 is 23.8 Å². The lowest BCUT2D eigenvalue weighted by molar-refractivity contribution is -0.146. The summed E-state index contributed by atoms with van der Waals surface area (Å²) in [4.78, 5) is 27.2. The predicted molar refractivity (Wildman–Crippen MR) is 123 cm³/mol. The maximum absolute atomic E-state index is 13.6. The van der Waals surface area contributed by atoms with Gasteiger partial charge in [0.2, 0.25) is 0 Å². The molecule has 2 heterocycles. The zero-order valence-electron chi connectivity index (χ0n) is 19.0. The van der Waals surface area contributed by atoms with E-state index in [0.717, 1.165) is 11.3 Å². The van der Waals surface area contributed by atoms with Crippen molar-refractivity contribution in [3.63, 3.8) is 0 Å². The molecule has 1 fully saturated rings. The molecule has 0 N–H and O–H groups in total. The molecule has 8 heteroatoms. The van der Waals surface area contributed by atoms with E-state index in [2.05, 4.69) is 0 Å². The highest BCUT2D eigenvalue weighted by Gasteiger charge is 2.30. The number of para-hydroxylation sites is 1. The Kier molecular flexibility index (Phi) is 6.63. The quantitative estimate of drug-likeness (QED) is 0.535. The third-order valence-corrected chi connectivity index (χ3v) is 5.94. The smallest absolute Gasteiger partial charge is 0.308 e. The maximum atomic E-state index is 13.6. The van der Waals surface area contributed by atoms with Gasteiger partial charge < -0.3 is 19.1 Å². The molecule has 4 rings (SSSR count). The van der Waals surface area contributed by atoms with E-state index in [1.165, 1.54) is 7.11 Å². The first-order valence-corrected chi connectivity index (χ1v) is 10.8. The number of carbonyl (C=O) groups is 2. The Hall–Kier alpha value is -3.81. The average molecular weight is 450 g/mol. The number of nitrogens with zero attached hydrogens (tertiary/aromatic N) is 3. The molecule has 1 aliphatic heterocycles. The summed E-state index contributed by atoms with van der Waals surface area (Å²) >= 11 is 0. The fourth-order valence-electron chi connectivity index (χ4n) is 4.10. The van der Waals surface area contributed by atoms with E-state index in [-0.39, 0.29) is 17.8 Å². The van der Waals surface area contributed by atoms with Gasteiger partial charge in [-0.25, -0.2) is 4.68 Å². The van der Waals surface area contributed by atoms with E-state index >= 15 is 0 Å². The van der Waals surface area contributed by atoms with Gasteiger partial charge in [-0.1, -0.05) is 18.2 Å². The fraction of sp³-hybridized carbons (Fsp3) is 0.320. The summed E-state index contributed by atoms with van der Waals surface area (Å²) in [5.41, 5.74) is 2.64. The number of carbonyl (C=O) groups excluding carboxylic acids is 2. The van der Waals surface area contributed by atoms with Crippen LogP contribution in [0.3, 0.4) is 0 Å². The van der Waals surface area contributed by atoms with Gasteiger partial charge in [-0.2, -0.15) is 5.10 Å². The number of rotatable bonds is 6. The molecule has 3 aromatic rings. The lowest BCUT2D eigenvalue weighted by Crippen LogP contribution is -2.40. The van der Waals surface area contributed by atoms with Crippen LogP contribution in [0, 0.1) is 5.92 Å². The first-order chi connectivity index (χ1) is 16.0. The van der Waals surface area contributed by atoms with Gasteiger partial charge in [-0.3, -0.25) is 9.59 Å². The number of hydrogen-bond acceptors (Lipinski definition) is 6. The second kappa shape index (κ2) is 9.77. The van der Waals surface area contributed by atoms with E-state index < -0.39 is 0 Å². The minimum absolute atomic E-state index is 0.120. The van der Waals surface area contributed by atoms with Crippen molar-refractivity contribution in [2.75, 3.05) is 34.4 Å². The van der Waals surface area contributed by atoms with Crippen LogP contribution in [0.25, 0.3) is 16.9 Å². The minimum Gasteiger partial charge on any atom is -0.493 e. The largest absolute Gasteiger partial charge is 0.493 e. The van der Waals surface area contributed by atoms with Gasteiger partial charge in [0.25, 0.3) is 5.91 Å². The average Bonchev–Trinajstić information content (AvgIpc) is 3.33. The highest BCUT2D eigenvalue weighted by atomic mass is 16.5. The molecule has 2 aromatic carbocycles. The van der Waals surface area contributed by atoms with Crippen LogP contribution in [-0.4, -0.2) is 61.0 Å². The van der Waals surface area contributed by atoms with Crippen molar-refractivity contribution in [2.45, 2.75) is 12.8 Å². The molecule has 0 aliphatic carbocycles. The number of methoxy groups -OCH3 is 3. The van der Waals surface area contributed by atoms with Gasteiger partial charge >= 0.3 is 5.97 Å². The predicted octanol–water partition coefficient (Wildman–Crippen LogP) is 3.58. The zero-order valence-corrected chi connectivity index (χ0v) is 19.0. The third kappa shape index (κ3) is 4.55. The van der Waals surface area contributed by atoms with Crippen LogP contribution in [0.4, 0.5) is 0 Å². The molecule has 0 spiro atoms. The molecule has 1 aromatic heterocycles. The molecule has 0 atom stereocenters. The van der Waals surface area contributed by atoms with Crippen LogP contribution in [0.15, 0.2) is 54.7 Å². The Labute approximate surface area is 192 Å². The van der Waals surface area contributed by atoms with Crippen LogP contribution >= 0.6 is 0 Å². The number of aromatic nitrogens is 2. The van der Waals surface area contributed by atoms with E-state index in [0.29, 0.717) is 48.7 Å². The number of ether oxygens (including phenoxy) is 3. The van der Waals surface area contributed by atoms with Crippen LogP contribution in [0.1, 0.15) is 23.2 Å². The molecule has 172 valence electrons. The normalized spacial score (nSPS) is 14.1. The van der Waals surface area contributed by atoms with E-state index in [1.807, 2.05) is 42.5 Å². The summed E-state index contributed by atoms with van der Waals surface area (Å²) in [7, 11) is 4.55. The molecule has 1 aliphatic rings. The van der Waals surface area contributed by atoms with Crippen LogP contribution in [0.2, 0.25) is 0 Å². The molecule has 0 saturated carbocycles. The Morgan fingerprint density at radius 1 is 0.939 bits per heavy atom. The van der Waals surface area contributed by atoms with Gasteiger partial charge in [-0.05, 0) is 43.2 Å². The number of esters is 1. The number of benzene rings is 2. The van der Waals surface area contributed by atoms with Crippen LogP contribution < -0.4 is 9.47 Å². The van der Waals surface area contributed by atoms with Crippen molar-refractivity contribution in [3.8, 4) is 28.4 Å². The van der Waals surface area contributed by atoms with E-state index in [4.69, 9.17) is 19.3 Å². The van der Waals surface area contributed by atoms with Crippen molar-refractivity contribution in [1.29, 1.82) is 0 Å². The molecule has 1 saturated heterocycles. The highest BCUT2D eigenvalue weighted by molar-refractivity contribution is 6.00. The van der Waals surface area contributed by atoms with Crippen LogP contribution in [-0.2, 0) is 9.53 Å². The van der Waals surface area contributed by atoms with Gasteiger partial charge in [0.15, 0.2) is 11.5 Å². The highest BCUT2D eigenvalue weighted by Crippen LogP contribution is 2.34. The summed E-state index contributed by atoms with van der Waals surface area (Å²) in [5.74, 6) is 0.648. The van der Waals surface area contributed by atoms with Crippen molar-refractivity contribution in [2.24, 2.45) is 5.92 Å². The molecule has 0 bridgehead atoms. The molecular formula is C25H27N3O5. The second-order valence-electron chi connectivity index (χ2n) is 7.83. The van der Waals surface area contributed by atoms with Gasteiger partial charge in [0, 0.05) is 24.8 Å². The Morgan fingerprint density at radius 2 is 1.64 bits per heavy atom. The Bertz CT molecular complexity index is 1130. The number of likely N-dealkylation sites (tertiary alicyclic amines) is 1. The zero-order chi connectivity index (χ0) is 23.4.